The quantitative estimate of drug-likeness (QED) is 0.606. The summed E-state index contributed by atoms with van der Waals surface area (Å²) >= 11 is 0. The number of nitrogens with zero attached hydrogens (tertiary/aromatic N) is 2. The van der Waals surface area contributed by atoms with E-state index in [-0.39, 0.29) is 5.78 Å². The lowest BCUT2D eigenvalue weighted by Gasteiger charge is -1.88. The van der Waals surface area contributed by atoms with Crippen LogP contribution in [0.25, 0.3) is 6.08 Å². The highest BCUT2D eigenvalue weighted by molar-refractivity contribution is 6.05. The second-order valence-corrected chi connectivity index (χ2v) is 3.20. The van der Waals surface area contributed by atoms with E-state index >= 15 is 0 Å². The number of hydrogen-bond donors (Lipinski definition) is 1. The molecule has 0 atom stereocenters. The first-order valence-corrected chi connectivity index (χ1v) is 4.61. The average molecular weight is 201 g/mol. The van der Waals surface area contributed by atoms with Crippen molar-refractivity contribution in [2.45, 2.75) is 0 Å². The molecule has 0 spiro atoms. The Labute approximate surface area is 87.2 Å². The van der Waals surface area contributed by atoms with Gasteiger partial charge < -0.3 is 4.98 Å². The van der Waals surface area contributed by atoms with Crippen LogP contribution in [0, 0.1) is 0 Å². The molecule has 0 amide bonds. The number of allylic oxidation sites excluding steroid dienone is 1. The lowest BCUT2D eigenvalue weighted by Crippen LogP contribution is -1.97. The summed E-state index contributed by atoms with van der Waals surface area (Å²) in [5, 5.41) is 4.02. The van der Waals surface area contributed by atoms with E-state index in [0.29, 0.717) is 5.69 Å². The number of carbonyl (C=O) groups excluding carboxylic acids is 1. The molecular weight excluding hydrogens is 190 g/mol. The van der Waals surface area contributed by atoms with Gasteiger partial charge in [-0.15, -0.1) is 0 Å². The molecule has 0 bridgehead atoms. The highest BCUT2D eigenvalue weighted by Crippen LogP contribution is 2.01. The zero-order valence-corrected chi connectivity index (χ0v) is 8.34. The Morgan fingerprint density at radius 2 is 2.40 bits per heavy atom. The van der Waals surface area contributed by atoms with Gasteiger partial charge in [-0.2, -0.15) is 5.10 Å². The molecular formula is C11H11N3O. The van der Waals surface area contributed by atoms with Gasteiger partial charge in [-0.1, -0.05) is 0 Å². The minimum atomic E-state index is -0.0924. The smallest absolute Gasteiger partial charge is 0.206 e. The topological polar surface area (TPSA) is 50.7 Å². The third-order valence-corrected chi connectivity index (χ3v) is 2.00. The predicted octanol–water partition coefficient (Wildman–Crippen LogP) is 1.64. The minimum Gasteiger partial charge on any atom is -0.362 e. The summed E-state index contributed by atoms with van der Waals surface area (Å²) in [5.74, 6) is -0.0924. The van der Waals surface area contributed by atoms with E-state index in [2.05, 4.69) is 10.1 Å². The SMILES string of the molecule is Cn1ccc(C(=O)/C=C/c2ccc[nH]2)n1. The molecule has 0 aromatic carbocycles. The summed E-state index contributed by atoms with van der Waals surface area (Å²) in [7, 11) is 1.78. The second-order valence-electron chi connectivity index (χ2n) is 3.20. The maximum atomic E-state index is 11.6. The number of rotatable bonds is 3. The van der Waals surface area contributed by atoms with Crippen LogP contribution in [0.4, 0.5) is 0 Å². The Bertz CT molecular complexity index is 480. The fourth-order valence-corrected chi connectivity index (χ4v) is 1.25. The van der Waals surface area contributed by atoms with Crippen LogP contribution >= 0.6 is 0 Å². The summed E-state index contributed by atoms with van der Waals surface area (Å²) < 4.78 is 1.61. The predicted molar refractivity (Wildman–Crippen MR) is 57.4 cm³/mol. The van der Waals surface area contributed by atoms with Crippen LogP contribution in [0.15, 0.2) is 36.7 Å². The van der Waals surface area contributed by atoms with Crippen LogP contribution in [0.2, 0.25) is 0 Å². The molecule has 0 radical (unpaired) electrons. The van der Waals surface area contributed by atoms with Crippen molar-refractivity contribution in [3.8, 4) is 0 Å². The first kappa shape index (κ1) is 9.45. The third kappa shape index (κ3) is 2.22. The molecule has 1 N–H and O–H groups in total. The molecule has 0 aliphatic heterocycles. The van der Waals surface area contributed by atoms with Crippen molar-refractivity contribution in [1.82, 2.24) is 14.8 Å². The van der Waals surface area contributed by atoms with E-state index in [1.54, 1.807) is 30.1 Å². The van der Waals surface area contributed by atoms with Gasteiger partial charge >= 0.3 is 0 Å². The van der Waals surface area contributed by atoms with Gasteiger partial charge in [0.1, 0.15) is 5.69 Å². The molecule has 2 rings (SSSR count). The number of nitrogens with one attached hydrogen (secondary N) is 1. The van der Waals surface area contributed by atoms with Crippen LogP contribution in [0.1, 0.15) is 16.2 Å². The molecule has 2 aromatic rings. The summed E-state index contributed by atoms with van der Waals surface area (Å²) in [6, 6.07) is 5.47. The van der Waals surface area contributed by atoms with Gasteiger partial charge in [-0.3, -0.25) is 9.48 Å². The number of carbonyl (C=O) groups is 1. The molecule has 0 aliphatic carbocycles. The summed E-state index contributed by atoms with van der Waals surface area (Å²) in [6.45, 7) is 0. The van der Waals surface area contributed by atoms with E-state index in [1.165, 1.54) is 6.08 Å². The lowest BCUT2D eigenvalue weighted by molar-refractivity contribution is 0.104. The fraction of sp³-hybridized carbons (Fsp3) is 0.0909. The first-order chi connectivity index (χ1) is 7.25. The Kier molecular flexibility index (Phi) is 2.49. The molecule has 4 nitrogen and oxygen atoms in total. The molecule has 0 saturated heterocycles. The summed E-state index contributed by atoms with van der Waals surface area (Å²) in [4.78, 5) is 14.6. The molecule has 0 unspecified atom stereocenters. The van der Waals surface area contributed by atoms with E-state index in [1.807, 2.05) is 18.3 Å². The summed E-state index contributed by atoms with van der Waals surface area (Å²) in [6.07, 6.45) is 6.80. The van der Waals surface area contributed by atoms with Crippen molar-refractivity contribution in [1.29, 1.82) is 0 Å². The first-order valence-electron chi connectivity index (χ1n) is 4.61. The van der Waals surface area contributed by atoms with Crippen LogP contribution in [0.5, 0.6) is 0 Å². The van der Waals surface area contributed by atoms with Crippen LogP contribution in [-0.4, -0.2) is 20.5 Å². The molecule has 4 heteroatoms. The minimum absolute atomic E-state index is 0.0924. The van der Waals surface area contributed by atoms with Gasteiger partial charge in [0.05, 0.1) is 0 Å². The molecule has 0 aliphatic rings. The van der Waals surface area contributed by atoms with E-state index in [0.717, 1.165) is 5.69 Å². The van der Waals surface area contributed by atoms with E-state index < -0.39 is 0 Å². The molecule has 0 fully saturated rings. The Morgan fingerprint density at radius 1 is 1.53 bits per heavy atom. The van der Waals surface area contributed by atoms with E-state index in [9.17, 15) is 4.79 Å². The second kappa shape index (κ2) is 3.96. The van der Waals surface area contributed by atoms with Crippen LogP contribution < -0.4 is 0 Å². The van der Waals surface area contributed by atoms with Crippen molar-refractivity contribution >= 4 is 11.9 Å². The molecule has 2 heterocycles. The number of aromatic nitrogens is 3. The van der Waals surface area contributed by atoms with Crippen molar-refractivity contribution in [3.05, 3.63) is 48.1 Å². The Morgan fingerprint density at radius 3 is 3.00 bits per heavy atom. The molecule has 2 aromatic heterocycles. The maximum absolute atomic E-state index is 11.6. The van der Waals surface area contributed by atoms with Crippen LogP contribution in [-0.2, 0) is 7.05 Å². The van der Waals surface area contributed by atoms with Gasteiger partial charge in [0.25, 0.3) is 0 Å². The lowest BCUT2D eigenvalue weighted by atomic mass is 10.2. The van der Waals surface area contributed by atoms with Crippen molar-refractivity contribution in [2.75, 3.05) is 0 Å². The molecule has 76 valence electrons. The Hall–Kier alpha value is -2.10. The number of ketones is 1. The zero-order valence-electron chi connectivity index (χ0n) is 8.34. The van der Waals surface area contributed by atoms with Gasteiger partial charge in [0.2, 0.25) is 5.78 Å². The Balaban J connectivity index is 2.10. The highest BCUT2D eigenvalue weighted by atomic mass is 16.1. The van der Waals surface area contributed by atoms with Gasteiger partial charge in [0, 0.05) is 25.1 Å². The van der Waals surface area contributed by atoms with Crippen molar-refractivity contribution in [2.24, 2.45) is 7.05 Å². The molecule has 0 saturated carbocycles. The number of H-pyrrole nitrogens is 1. The summed E-state index contributed by atoms with van der Waals surface area (Å²) in [5.41, 5.74) is 1.36. The van der Waals surface area contributed by atoms with Crippen molar-refractivity contribution in [3.63, 3.8) is 0 Å². The van der Waals surface area contributed by atoms with Crippen LogP contribution in [0.3, 0.4) is 0 Å². The van der Waals surface area contributed by atoms with Gasteiger partial charge in [0.15, 0.2) is 0 Å². The van der Waals surface area contributed by atoms with Gasteiger partial charge in [-0.05, 0) is 30.4 Å². The number of aromatic amines is 1. The average Bonchev–Trinajstić information content (AvgIpc) is 2.84. The van der Waals surface area contributed by atoms with Crippen molar-refractivity contribution < 1.29 is 4.79 Å². The highest BCUT2D eigenvalue weighted by Gasteiger charge is 2.03. The van der Waals surface area contributed by atoms with E-state index in [4.69, 9.17) is 0 Å². The third-order valence-electron chi connectivity index (χ3n) is 2.00. The number of aryl methyl sites for hydroxylation is 1. The van der Waals surface area contributed by atoms with Gasteiger partial charge in [-0.25, -0.2) is 0 Å². The number of hydrogen-bond acceptors (Lipinski definition) is 2. The molecule has 15 heavy (non-hydrogen) atoms. The standard InChI is InChI=1S/C11H11N3O/c1-14-8-6-10(13-14)11(15)5-4-9-3-2-7-12-9/h2-8,12H,1H3/b5-4+. The zero-order chi connectivity index (χ0) is 10.7. The normalized spacial score (nSPS) is 11.0. The fourth-order valence-electron chi connectivity index (χ4n) is 1.25. The largest absolute Gasteiger partial charge is 0.362 e. The maximum Gasteiger partial charge on any atom is 0.206 e. The monoisotopic (exact) mass is 201 g/mol.